The first-order chi connectivity index (χ1) is 26.3. The van der Waals surface area contributed by atoms with E-state index in [1.54, 1.807) is 6.08 Å². The third-order valence-corrected chi connectivity index (χ3v) is 10.8. The average molecular weight is 768 g/mol. The van der Waals surface area contributed by atoms with E-state index in [4.69, 9.17) is 9.47 Å². The molecule has 0 aliphatic carbocycles. The number of aliphatic hydroxyl groups excluding tert-OH is 5. The number of carbonyl (C=O) groups is 1. The van der Waals surface area contributed by atoms with Crippen molar-refractivity contribution in [3.63, 3.8) is 0 Å². The monoisotopic (exact) mass is 768 g/mol. The standard InChI is InChI=1S/C45H85NO8/c1-3-5-7-9-11-13-15-16-17-18-19-20-21-22-23-25-26-28-30-32-34-39(48)38(37-53-45-44(52)43(51)42(50)40(36-47)54-45)46-41(49)35-33-31-29-27-24-14-12-10-8-6-4-2/h25-26,32,34,38-40,42-45,47-48,50-52H,3-24,27-31,33,35-37H2,1-2H3,(H,46,49)/b26-25+,34-32+. The van der Waals surface area contributed by atoms with Crippen LogP contribution in [0.1, 0.15) is 200 Å². The Bertz CT molecular complexity index is 899. The van der Waals surface area contributed by atoms with Gasteiger partial charge in [0.15, 0.2) is 6.29 Å². The van der Waals surface area contributed by atoms with Gasteiger partial charge in [-0.25, -0.2) is 0 Å². The molecule has 9 heteroatoms. The van der Waals surface area contributed by atoms with Crippen LogP contribution in [0.25, 0.3) is 0 Å². The highest BCUT2D eigenvalue weighted by Gasteiger charge is 2.44. The molecule has 0 aromatic rings. The zero-order valence-electron chi connectivity index (χ0n) is 34.7. The van der Waals surface area contributed by atoms with Crippen molar-refractivity contribution >= 4 is 5.91 Å². The Morgan fingerprint density at radius 3 is 1.56 bits per heavy atom. The molecule has 7 unspecified atom stereocenters. The first kappa shape index (κ1) is 50.7. The quantitative estimate of drug-likeness (QED) is 0.0271. The molecular formula is C45H85NO8. The van der Waals surface area contributed by atoms with Gasteiger partial charge in [0.05, 0.1) is 25.4 Å². The van der Waals surface area contributed by atoms with Gasteiger partial charge in [-0.1, -0.05) is 186 Å². The van der Waals surface area contributed by atoms with Crippen LogP contribution in [0.3, 0.4) is 0 Å². The summed E-state index contributed by atoms with van der Waals surface area (Å²) in [5.41, 5.74) is 0. The smallest absolute Gasteiger partial charge is 0.220 e. The van der Waals surface area contributed by atoms with Gasteiger partial charge in [-0.3, -0.25) is 4.79 Å². The SMILES string of the molecule is CCCCCCCCCCCCCCCC/C=C/CC/C=C/C(O)C(COC1OC(CO)C(O)C(O)C1O)NC(=O)CCCCCCCCCCCCC. The van der Waals surface area contributed by atoms with Crippen molar-refractivity contribution in [1.29, 1.82) is 0 Å². The lowest BCUT2D eigenvalue weighted by Crippen LogP contribution is -2.60. The fourth-order valence-corrected chi connectivity index (χ4v) is 7.11. The van der Waals surface area contributed by atoms with Crippen molar-refractivity contribution in [1.82, 2.24) is 5.32 Å². The Labute approximate surface area is 330 Å². The van der Waals surface area contributed by atoms with E-state index in [1.807, 2.05) is 6.08 Å². The molecule has 0 radical (unpaired) electrons. The molecule has 0 aromatic heterocycles. The number of allylic oxidation sites excluding steroid dienone is 3. The summed E-state index contributed by atoms with van der Waals surface area (Å²) >= 11 is 0. The van der Waals surface area contributed by atoms with Crippen molar-refractivity contribution in [2.24, 2.45) is 0 Å². The Morgan fingerprint density at radius 2 is 1.06 bits per heavy atom. The molecule has 1 aliphatic heterocycles. The van der Waals surface area contributed by atoms with Gasteiger partial charge in [0.2, 0.25) is 5.91 Å². The second-order valence-electron chi connectivity index (χ2n) is 15.8. The zero-order chi connectivity index (χ0) is 39.5. The van der Waals surface area contributed by atoms with Gasteiger partial charge in [-0.2, -0.15) is 0 Å². The van der Waals surface area contributed by atoms with E-state index in [1.165, 1.54) is 141 Å². The fraction of sp³-hybridized carbons (Fsp3) is 0.889. The molecule has 0 bridgehead atoms. The van der Waals surface area contributed by atoms with Crippen molar-refractivity contribution in [3.8, 4) is 0 Å². The summed E-state index contributed by atoms with van der Waals surface area (Å²) in [6.45, 7) is 3.75. The molecule has 318 valence electrons. The number of hydrogen-bond acceptors (Lipinski definition) is 8. The second kappa shape index (κ2) is 36.0. The Morgan fingerprint density at radius 1 is 0.611 bits per heavy atom. The van der Waals surface area contributed by atoms with Gasteiger partial charge in [0.25, 0.3) is 0 Å². The molecule has 1 fully saturated rings. The highest BCUT2D eigenvalue weighted by Crippen LogP contribution is 2.22. The summed E-state index contributed by atoms with van der Waals surface area (Å²) in [5, 5.41) is 54.1. The third-order valence-electron chi connectivity index (χ3n) is 10.8. The lowest BCUT2D eigenvalue weighted by molar-refractivity contribution is -0.302. The maximum absolute atomic E-state index is 12.9. The highest BCUT2D eigenvalue weighted by atomic mass is 16.7. The first-order valence-electron chi connectivity index (χ1n) is 22.6. The van der Waals surface area contributed by atoms with Crippen LogP contribution in [0.5, 0.6) is 0 Å². The molecule has 0 aromatic carbocycles. The van der Waals surface area contributed by atoms with Crippen LogP contribution in [-0.4, -0.2) is 87.5 Å². The summed E-state index contributed by atoms with van der Waals surface area (Å²) in [6.07, 6.45) is 35.1. The summed E-state index contributed by atoms with van der Waals surface area (Å²) in [4.78, 5) is 12.9. The van der Waals surface area contributed by atoms with E-state index in [0.717, 1.165) is 38.5 Å². The number of aliphatic hydroxyl groups is 5. The van der Waals surface area contributed by atoms with Gasteiger partial charge in [-0.05, 0) is 32.1 Å². The first-order valence-corrected chi connectivity index (χ1v) is 22.6. The predicted molar refractivity (Wildman–Crippen MR) is 221 cm³/mol. The van der Waals surface area contributed by atoms with Crippen LogP contribution in [-0.2, 0) is 14.3 Å². The molecule has 1 heterocycles. The Kier molecular flexibility index (Phi) is 33.8. The lowest BCUT2D eigenvalue weighted by Gasteiger charge is -2.40. The van der Waals surface area contributed by atoms with Crippen LogP contribution in [0.4, 0.5) is 0 Å². The van der Waals surface area contributed by atoms with E-state index < -0.39 is 49.5 Å². The average Bonchev–Trinajstić information content (AvgIpc) is 3.17. The summed E-state index contributed by atoms with van der Waals surface area (Å²) in [7, 11) is 0. The summed E-state index contributed by atoms with van der Waals surface area (Å²) in [6, 6.07) is -0.815. The molecule has 54 heavy (non-hydrogen) atoms. The van der Waals surface area contributed by atoms with Crippen molar-refractivity contribution < 1.29 is 39.8 Å². The third kappa shape index (κ3) is 26.5. The van der Waals surface area contributed by atoms with Crippen molar-refractivity contribution in [2.75, 3.05) is 13.2 Å². The number of unbranched alkanes of at least 4 members (excludes halogenated alkanes) is 25. The van der Waals surface area contributed by atoms with Crippen LogP contribution in [0.2, 0.25) is 0 Å². The summed E-state index contributed by atoms with van der Waals surface area (Å²) < 4.78 is 11.2. The molecule has 0 spiro atoms. The Hall–Kier alpha value is -1.33. The van der Waals surface area contributed by atoms with Crippen LogP contribution in [0.15, 0.2) is 24.3 Å². The minimum absolute atomic E-state index is 0.188. The largest absolute Gasteiger partial charge is 0.394 e. The number of hydrogen-bond donors (Lipinski definition) is 6. The van der Waals surface area contributed by atoms with Gasteiger partial charge in [0.1, 0.15) is 24.4 Å². The maximum Gasteiger partial charge on any atom is 0.220 e. The number of nitrogens with one attached hydrogen (secondary N) is 1. The fourth-order valence-electron chi connectivity index (χ4n) is 7.11. The van der Waals surface area contributed by atoms with Crippen LogP contribution < -0.4 is 5.32 Å². The second-order valence-corrected chi connectivity index (χ2v) is 15.8. The molecule has 7 atom stereocenters. The molecule has 1 amide bonds. The van der Waals surface area contributed by atoms with E-state index >= 15 is 0 Å². The number of ether oxygens (including phenoxy) is 2. The number of carbonyl (C=O) groups excluding carboxylic acids is 1. The molecule has 1 aliphatic rings. The molecule has 6 N–H and O–H groups in total. The van der Waals surface area contributed by atoms with E-state index in [9.17, 15) is 30.3 Å². The van der Waals surface area contributed by atoms with Gasteiger partial charge in [-0.15, -0.1) is 0 Å². The minimum atomic E-state index is -1.57. The van der Waals surface area contributed by atoms with E-state index in [2.05, 4.69) is 31.3 Å². The van der Waals surface area contributed by atoms with Gasteiger partial charge < -0.3 is 40.3 Å². The van der Waals surface area contributed by atoms with Crippen LogP contribution >= 0.6 is 0 Å². The van der Waals surface area contributed by atoms with E-state index in [-0.39, 0.29) is 12.5 Å². The predicted octanol–water partition coefficient (Wildman–Crippen LogP) is 9.11. The Balaban J connectivity index is 2.37. The number of rotatable bonds is 37. The van der Waals surface area contributed by atoms with Crippen LogP contribution in [0, 0.1) is 0 Å². The molecule has 0 saturated carbocycles. The van der Waals surface area contributed by atoms with E-state index in [0.29, 0.717) is 6.42 Å². The van der Waals surface area contributed by atoms with Gasteiger partial charge >= 0.3 is 0 Å². The normalized spacial score (nSPS) is 21.6. The molecule has 1 saturated heterocycles. The topological polar surface area (TPSA) is 149 Å². The minimum Gasteiger partial charge on any atom is -0.394 e. The van der Waals surface area contributed by atoms with Gasteiger partial charge in [0, 0.05) is 6.42 Å². The zero-order valence-corrected chi connectivity index (χ0v) is 34.7. The highest BCUT2D eigenvalue weighted by molar-refractivity contribution is 5.76. The maximum atomic E-state index is 12.9. The summed E-state index contributed by atoms with van der Waals surface area (Å²) in [5.74, 6) is -0.188. The molecule has 9 nitrogen and oxygen atoms in total. The molecular weight excluding hydrogens is 682 g/mol. The lowest BCUT2D eigenvalue weighted by atomic mass is 9.99. The number of amides is 1. The van der Waals surface area contributed by atoms with Crippen molar-refractivity contribution in [3.05, 3.63) is 24.3 Å². The molecule has 1 rings (SSSR count). The van der Waals surface area contributed by atoms with Crippen molar-refractivity contribution in [2.45, 2.75) is 243 Å².